The van der Waals surface area contributed by atoms with Crippen molar-refractivity contribution < 1.29 is 14.6 Å². The van der Waals surface area contributed by atoms with Gasteiger partial charge in [-0.15, -0.1) is 0 Å². The topological polar surface area (TPSA) is 58.6 Å². The van der Waals surface area contributed by atoms with Gasteiger partial charge in [-0.05, 0) is 43.0 Å². The lowest BCUT2D eigenvalue weighted by molar-refractivity contribution is -0.121. The third kappa shape index (κ3) is 6.24. The van der Waals surface area contributed by atoms with Crippen LogP contribution in [0.5, 0.6) is 5.75 Å². The van der Waals surface area contributed by atoms with E-state index >= 15 is 0 Å². The van der Waals surface area contributed by atoms with Gasteiger partial charge >= 0.3 is 0 Å². The SMILES string of the molecule is CC(C)Oc1cccc(C(O)CNC(=O)CC(C)c2ccccc2)c1. The highest BCUT2D eigenvalue weighted by molar-refractivity contribution is 5.76. The Hall–Kier alpha value is -2.33. The average molecular weight is 341 g/mol. The zero-order valence-electron chi connectivity index (χ0n) is 15.1. The van der Waals surface area contributed by atoms with Crippen LogP contribution in [0, 0.1) is 0 Å². The number of hydrogen-bond donors (Lipinski definition) is 2. The first-order valence-corrected chi connectivity index (χ1v) is 8.72. The zero-order chi connectivity index (χ0) is 18.2. The summed E-state index contributed by atoms with van der Waals surface area (Å²) in [7, 11) is 0. The quantitative estimate of drug-likeness (QED) is 0.767. The van der Waals surface area contributed by atoms with Crippen molar-refractivity contribution in [3.8, 4) is 5.75 Å². The summed E-state index contributed by atoms with van der Waals surface area (Å²) in [6.45, 7) is 6.12. The minimum atomic E-state index is -0.758. The predicted octanol–water partition coefficient (Wildman–Crippen LogP) is 3.82. The van der Waals surface area contributed by atoms with Gasteiger partial charge < -0.3 is 15.2 Å². The number of carbonyl (C=O) groups excluding carboxylic acids is 1. The summed E-state index contributed by atoms with van der Waals surface area (Å²) in [5.74, 6) is 0.793. The van der Waals surface area contributed by atoms with Crippen molar-refractivity contribution in [2.45, 2.75) is 45.3 Å². The standard InChI is InChI=1S/C21H27NO3/c1-15(2)25-19-11-7-10-18(13-19)20(23)14-22-21(24)12-16(3)17-8-5-4-6-9-17/h4-11,13,15-16,20,23H,12,14H2,1-3H3,(H,22,24). The molecule has 2 N–H and O–H groups in total. The summed E-state index contributed by atoms with van der Waals surface area (Å²) in [5.41, 5.74) is 1.87. The van der Waals surface area contributed by atoms with Crippen molar-refractivity contribution in [3.63, 3.8) is 0 Å². The fourth-order valence-electron chi connectivity index (χ4n) is 2.65. The average Bonchev–Trinajstić information content (AvgIpc) is 2.60. The Kier molecular flexibility index (Phi) is 7.02. The van der Waals surface area contributed by atoms with Gasteiger partial charge in [0.05, 0.1) is 12.2 Å². The van der Waals surface area contributed by atoms with Gasteiger partial charge in [0.15, 0.2) is 0 Å². The summed E-state index contributed by atoms with van der Waals surface area (Å²) in [4.78, 5) is 12.1. The molecule has 25 heavy (non-hydrogen) atoms. The lowest BCUT2D eigenvalue weighted by Crippen LogP contribution is -2.29. The van der Waals surface area contributed by atoms with Gasteiger partial charge in [-0.1, -0.05) is 49.4 Å². The summed E-state index contributed by atoms with van der Waals surface area (Å²) in [6, 6.07) is 17.3. The minimum Gasteiger partial charge on any atom is -0.491 e. The van der Waals surface area contributed by atoms with E-state index in [0.717, 1.165) is 16.9 Å². The molecule has 0 saturated carbocycles. The van der Waals surface area contributed by atoms with Crippen LogP contribution in [0.25, 0.3) is 0 Å². The third-order valence-corrected chi connectivity index (χ3v) is 3.97. The number of hydrogen-bond acceptors (Lipinski definition) is 3. The Labute approximate surface area is 149 Å². The van der Waals surface area contributed by atoms with E-state index in [4.69, 9.17) is 4.74 Å². The van der Waals surface area contributed by atoms with Crippen LogP contribution in [0.1, 0.15) is 50.3 Å². The van der Waals surface area contributed by atoms with E-state index in [1.165, 1.54) is 0 Å². The Morgan fingerprint density at radius 3 is 2.40 bits per heavy atom. The largest absolute Gasteiger partial charge is 0.491 e. The third-order valence-electron chi connectivity index (χ3n) is 3.97. The summed E-state index contributed by atoms with van der Waals surface area (Å²) in [5, 5.41) is 13.1. The lowest BCUT2D eigenvalue weighted by atomic mass is 9.97. The molecule has 0 aromatic heterocycles. The van der Waals surface area contributed by atoms with Crippen LogP contribution < -0.4 is 10.1 Å². The predicted molar refractivity (Wildman–Crippen MR) is 99.6 cm³/mol. The van der Waals surface area contributed by atoms with Crippen LogP contribution in [-0.2, 0) is 4.79 Å². The van der Waals surface area contributed by atoms with Crippen LogP contribution in [0.2, 0.25) is 0 Å². The van der Waals surface area contributed by atoms with Crippen molar-refractivity contribution in [3.05, 3.63) is 65.7 Å². The van der Waals surface area contributed by atoms with Gasteiger partial charge in [0.2, 0.25) is 5.91 Å². The zero-order valence-corrected chi connectivity index (χ0v) is 15.1. The van der Waals surface area contributed by atoms with E-state index in [-0.39, 0.29) is 24.5 Å². The summed E-state index contributed by atoms with van der Waals surface area (Å²) in [6.07, 6.45) is -0.286. The fourth-order valence-corrected chi connectivity index (χ4v) is 2.65. The number of nitrogens with one attached hydrogen (secondary N) is 1. The number of aliphatic hydroxyl groups excluding tert-OH is 1. The van der Waals surface area contributed by atoms with Gasteiger partial charge in [-0.25, -0.2) is 0 Å². The highest BCUT2D eigenvalue weighted by atomic mass is 16.5. The number of carbonyl (C=O) groups is 1. The first-order chi connectivity index (χ1) is 12.0. The van der Waals surface area contributed by atoms with Crippen LogP contribution in [0.4, 0.5) is 0 Å². The molecule has 4 heteroatoms. The first-order valence-electron chi connectivity index (χ1n) is 8.72. The van der Waals surface area contributed by atoms with Crippen molar-refractivity contribution in [1.82, 2.24) is 5.32 Å². The van der Waals surface area contributed by atoms with Crippen molar-refractivity contribution in [2.24, 2.45) is 0 Å². The number of ether oxygens (including phenoxy) is 1. The highest BCUT2D eigenvalue weighted by Crippen LogP contribution is 2.21. The van der Waals surface area contributed by atoms with Crippen LogP contribution in [-0.4, -0.2) is 23.7 Å². The monoisotopic (exact) mass is 341 g/mol. The molecule has 0 aliphatic carbocycles. The Morgan fingerprint density at radius 1 is 1.04 bits per heavy atom. The van der Waals surface area contributed by atoms with E-state index < -0.39 is 6.10 Å². The highest BCUT2D eigenvalue weighted by Gasteiger charge is 2.14. The van der Waals surface area contributed by atoms with Crippen molar-refractivity contribution in [2.75, 3.05) is 6.54 Å². The maximum absolute atomic E-state index is 12.1. The summed E-state index contributed by atoms with van der Waals surface area (Å²) < 4.78 is 5.63. The van der Waals surface area contributed by atoms with Gasteiger partial charge in [-0.2, -0.15) is 0 Å². The number of benzene rings is 2. The molecule has 1 amide bonds. The second kappa shape index (κ2) is 9.23. The molecular formula is C21H27NO3. The number of aliphatic hydroxyl groups is 1. The molecule has 134 valence electrons. The van der Waals surface area contributed by atoms with Gasteiger partial charge in [-0.3, -0.25) is 4.79 Å². The van der Waals surface area contributed by atoms with E-state index in [0.29, 0.717) is 6.42 Å². The molecule has 2 atom stereocenters. The molecule has 0 bridgehead atoms. The van der Waals surface area contributed by atoms with Crippen LogP contribution >= 0.6 is 0 Å². The molecular weight excluding hydrogens is 314 g/mol. The van der Waals surface area contributed by atoms with Gasteiger partial charge in [0.1, 0.15) is 5.75 Å². The van der Waals surface area contributed by atoms with E-state index in [1.807, 2.05) is 75.4 Å². The molecule has 0 spiro atoms. The molecule has 0 aliphatic rings. The fraction of sp³-hybridized carbons (Fsp3) is 0.381. The second-order valence-corrected chi connectivity index (χ2v) is 6.57. The molecule has 2 unspecified atom stereocenters. The van der Waals surface area contributed by atoms with E-state index in [9.17, 15) is 9.90 Å². The Bertz CT molecular complexity index is 670. The molecule has 0 saturated heterocycles. The molecule has 0 radical (unpaired) electrons. The smallest absolute Gasteiger partial charge is 0.220 e. The molecule has 0 fully saturated rings. The van der Waals surface area contributed by atoms with Crippen LogP contribution in [0.15, 0.2) is 54.6 Å². The number of rotatable bonds is 8. The maximum Gasteiger partial charge on any atom is 0.220 e. The van der Waals surface area contributed by atoms with E-state index in [1.54, 1.807) is 0 Å². The van der Waals surface area contributed by atoms with Gasteiger partial charge in [0, 0.05) is 13.0 Å². The summed E-state index contributed by atoms with van der Waals surface area (Å²) >= 11 is 0. The van der Waals surface area contributed by atoms with Crippen molar-refractivity contribution >= 4 is 5.91 Å². The normalized spacial score (nSPS) is 13.3. The molecule has 2 rings (SSSR count). The maximum atomic E-state index is 12.1. The lowest BCUT2D eigenvalue weighted by Gasteiger charge is -2.16. The van der Waals surface area contributed by atoms with Gasteiger partial charge in [0.25, 0.3) is 0 Å². The van der Waals surface area contributed by atoms with Crippen LogP contribution in [0.3, 0.4) is 0 Å². The molecule has 0 heterocycles. The Balaban J connectivity index is 1.85. The van der Waals surface area contributed by atoms with E-state index in [2.05, 4.69) is 5.32 Å². The molecule has 2 aromatic rings. The Morgan fingerprint density at radius 2 is 1.72 bits per heavy atom. The van der Waals surface area contributed by atoms with Crippen molar-refractivity contribution in [1.29, 1.82) is 0 Å². The molecule has 2 aromatic carbocycles. The first kappa shape index (κ1) is 19.0. The second-order valence-electron chi connectivity index (χ2n) is 6.57. The number of amides is 1. The molecule has 0 aliphatic heterocycles. The molecule has 4 nitrogen and oxygen atoms in total. The minimum absolute atomic E-state index is 0.0648.